The quantitative estimate of drug-likeness (QED) is 0.223. The lowest BCUT2D eigenvalue weighted by molar-refractivity contribution is -0.108. The standard InChI is InChI=1S/C35H39N3O4S.C2H4N2O2/c39-43(40,35-17-11-31(12-18-35)30-9-5-2-6-10-30)38-22-21-37(27-33(38)19-20-36-23-25-41-26-24-36)32-13-15-34(16-14-32)42-28-29-7-3-1-4-8-29;3-2(6)4-1-5/h1-18,33H,19-28H2;1H,(H3,3,4,5,6). The summed E-state index contributed by atoms with van der Waals surface area (Å²) in [5, 5.41) is 1.67. The van der Waals surface area contributed by atoms with E-state index in [1.165, 1.54) is 0 Å². The first-order valence-electron chi connectivity index (χ1n) is 16.3. The number of nitrogens with two attached hydrogens (primary N) is 1. The molecule has 3 N–H and O–H groups in total. The minimum absolute atomic E-state index is 0.149. The number of nitrogens with one attached hydrogen (secondary N) is 1. The number of ether oxygens (including phenoxy) is 2. The van der Waals surface area contributed by atoms with Crippen LogP contribution in [0, 0.1) is 0 Å². The molecule has 2 saturated heterocycles. The van der Waals surface area contributed by atoms with Crippen molar-refractivity contribution in [1.82, 2.24) is 14.5 Å². The zero-order chi connectivity index (χ0) is 34.5. The molecule has 1 atom stereocenters. The van der Waals surface area contributed by atoms with E-state index in [9.17, 15) is 18.0 Å². The van der Waals surface area contributed by atoms with Gasteiger partial charge in [0.25, 0.3) is 0 Å². The van der Waals surface area contributed by atoms with Gasteiger partial charge in [0.05, 0.1) is 18.1 Å². The van der Waals surface area contributed by atoms with Crippen molar-refractivity contribution in [3.63, 3.8) is 0 Å². The maximum atomic E-state index is 14.0. The number of morpholine rings is 1. The van der Waals surface area contributed by atoms with Gasteiger partial charge >= 0.3 is 6.03 Å². The third-order valence-corrected chi connectivity index (χ3v) is 10.5. The van der Waals surface area contributed by atoms with Gasteiger partial charge in [-0.2, -0.15) is 4.31 Å². The van der Waals surface area contributed by atoms with E-state index in [2.05, 4.69) is 39.8 Å². The number of benzene rings is 4. The van der Waals surface area contributed by atoms with Crippen molar-refractivity contribution in [3.05, 3.63) is 115 Å². The molecule has 0 spiro atoms. The lowest BCUT2D eigenvalue weighted by atomic mass is 10.1. The number of imide groups is 1. The van der Waals surface area contributed by atoms with Gasteiger partial charge in [-0.25, -0.2) is 13.2 Å². The Hall–Kier alpha value is -4.75. The fraction of sp³-hybridized carbons (Fsp3) is 0.297. The molecule has 0 saturated carbocycles. The number of amides is 3. The van der Waals surface area contributed by atoms with Gasteiger partial charge in [0.2, 0.25) is 16.4 Å². The molecule has 258 valence electrons. The van der Waals surface area contributed by atoms with Crippen LogP contribution < -0.4 is 20.7 Å². The van der Waals surface area contributed by atoms with E-state index in [1.807, 2.05) is 72.8 Å². The molecule has 6 rings (SSSR count). The second kappa shape index (κ2) is 17.6. The molecular formula is C37H43N5O6S. The molecule has 12 heteroatoms. The number of rotatable bonds is 11. The van der Waals surface area contributed by atoms with Gasteiger partial charge in [-0.15, -0.1) is 0 Å². The molecule has 2 aliphatic heterocycles. The van der Waals surface area contributed by atoms with E-state index in [-0.39, 0.29) is 12.5 Å². The minimum atomic E-state index is -3.67. The van der Waals surface area contributed by atoms with Gasteiger partial charge < -0.3 is 20.1 Å². The number of piperazine rings is 1. The first-order valence-corrected chi connectivity index (χ1v) is 17.8. The summed E-state index contributed by atoms with van der Waals surface area (Å²) >= 11 is 0. The molecule has 0 radical (unpaired) electrons. The van der Waals surface area contributed by atoms with Gasteiger partial charge in [-0.3, -0.25) is 15.0 Å². The highest BCUT2D eigenvalue weighted by atomic mass is 32.2. The number of sulfonamides is 1. The summed E-state index contributed by atoms with van der Waals surface area (Å²) in [4.78, 5) is 23.7. The van der Waals surface area contributed by atoms with Crippen LogP contribution in [0.3, 0.4) is 0 Å². The van der Waals surface area contributed by atoms with Gasteiger partial charge in [0.15, 0.2) is 0 Å². The Bertz CT molecular complexity index is 1720. The molecule has 2 fully saturated rings. The Balaban J connectivity index is 0.000000717. The number of anilines is 1. The average Bonchev–Trinajstić information content (AvgIpc) is 3.15. The maximum Gasteiger partial charge on any atom is 0.318 e. The number of carbonyl (C=O) groups excluding carboxylic acids is 2. The molecule has 0 aromatic heterocycles. The van der Waals surface area contributed by atoms with Crippen LogP contribution in [0.5, 0.6) is 5.75 Å². The number of nitrogens with zero attached hydrogens (tertiary/aromatic N) is 3. The molecule has 2 heterocycles. The van der Waals surface area contributed by atoms with E-state index in [0.29, 0.717) is 31.1 Å². The molecule has 4 aromatic carbocycles. The lowest BCUT2D eigenvalue weighted by Crippen LogP contribution is -2.56. The van der Waals surface area contributed by atoms with Crippen molar-refractivity contribution < 1.29 is 27.5 Å². The second-order valence-corrected chi connectivity index (χ2v) is 13.6. The zero-order valence-electron chi connectivity index (χ0n) is 27.4. The third kappa shape index (κ3) is 10.1. The SMILES string of the molecule is NC(=O)NC=O.O=S(=O)(c1ccc(-c2ccccc2)cc1)N1CCN(c2ccc(OCc3ccccc3)cc2)CC1CCN1CCOCC1. The molecule has 11 nitrogen and oxygen atoms in total. The Kier molecular flexibility index (Phi) is 12.8. The normalized spacial score (nSPS) is 17.0. The van der Waals surface area contributed by atoms with Crippen molar-refractivity contribution in [1.29, 1.82) is 0 Å². The van der Waals surface area contributed by atoms with E-state index >= 15 is 0 Å². The first kappa shape index (κ1) is 35.6. The number of hydrogen-bond donors (Lipinski definition) is 2. The maximum absolute atomic E-state index is 14.0. The van der Waals surface area contributed by atoms with Gasteiger partial charge in [-0.05, 0) is 66.1 Å². The molecule has 2 aliphatic rings. The molecule has 4 aromatic rings. The number of urea groups is 1. The zero-order valence-corrected chi connectivity index (χ0v) is 28.2. The fourth-order valence-corrected chi connectivity index (χ4v) is 7.56. The summed E-state index contributed by atoms with van der Waals surface area (Å²) < 4.78 is 41.3. The van der Waals surface area contributed by atoms with Crippen molar-refractivity contribution >= 4 is 28.2 Å². The summed E-state index contributed by atoms with van der Waals surface area (Å²) in [6.07, 6.45) is 0.985. The van der Waals surface area contributed by atoms with Crippen molar-refractivity contribution in [3.8, 4) is 16.9 Å². The number of carbonyl (C=O) groups is 2. The lowest BCUT2D eigenvalue weighted by Gasteiger charge is -2.42. The summed E-state index contributed by atoms with van der Waals surface area (Å²) in [7, 11) is -3.67. The minimum Gasteiger partial charge on any atom is -0.489 e. The van der Waals surface area contributed by atoms with Gasteiger partial charge in [0.1, 0.15) is 12.4 Å². The Morgan fingerprint density at radius 2 is 1.47 bits per heavy atom. The Morgan fingerprint density at radius 3 is 2.08 bits per heavy atom. The predicted molar refractivity (Wildman–Crippen MR) is 190 cm³/mol. The molecular weight excluding hydrogens is 643 g/mol. The van der Waals surface area contributed by atoms with Crippen LogP contribution in [-0.2, 0) is 26.2 Å². The molecule has 0 bridgehead atoms. The van der Waals surface area contributed by atoms with E-state index in [0.717, 1.165) is 67.4 Å². The van der Waals surface area contributed by atoms with Gasteiger partial charge in [-0.1, -0.05) is 72.8 Å². The van der Waals surface area contributed by atoms with Crippen LogP contribution >= 0.6 is 0 Å². The van der Waals surface area contributed by atoms with Crippen LogP contribution in [0.1, 0.15) is 12.0 Å². The highest BCUT2D eigenvalue weighted by Gasteiger charge is 2.36. The fourth-order valence-electron chi connectivity index (χ4n) is 5.92. The summed E-state index contributed by atoms with van der Waals surface area (Å²) in [6.45, 7) is 6.28. The highest BCUT2D eigenvalue weighted by Crippen LogP contribution is 2.29. The van der Waals surface area contributed by atoms with Crippen molar-refractivity contribution in [2.24, 2.45) is 5.73 Å². The Morgan fingerprint density at radius 1 is 0.837 bits per heavy atom. The number of primary amides is 1. The molecule has 1 unspecified atom stereocenters. The van der Waals surface area contributed by atoms with E-state index in [1.54, 1.807) is 21.8 Å². The highest BCUT2D eigenvalue weighted by molar-refractivity contribution is 7.89. The average molecular weight is 686 g/mol. The van der Waals surface area contributed by atoms with Crippen LogP contribution in [0.15, 0.2) is 114 Å². The topological polar surface area (TPSA) is 135 Å². The van der Waals surface area contributed by atoms with Crippen LogP contribution in [0.2, 0.25) is 0 Å². The smallest absolute Gasteiger partial charge is 0.318 e. The second-order valence-electron chi connectivity index (χ2n) is 11.7. The summed E-state index contributed by atoms with van der Waals surface area (Å²) in [5.41, 5.74) is 8.70. The molecule has 49 heavy (non-hydrogen) atoms. The molecule has 3 amide bonds. The summed E-state index contributed by atoms with van der Waals surface area (Å²) in [6, 6.07) is 34.6. The van der Waals surface area contributed by atoms with Crippen LogP contribution in [-0.4, -0.2) is 88.6 Å². The monoisotopic (exact) mass is 685 g/mol. The van der Waals surface area contributed by atoms with Crippen molar-refractivity contribution in [2.45, 2.75) is 24.0 Å². The van der Waals surface area contributed by atoms with Crippen molar-refractivity contribution in [2.75, 3.05) is 57.4 Å². The largest absolute Gasteiger partial charge is 0.489 e. The molecule has 0 aliphatic carbocycles. The predicted octanol–water partition coefficient (Wildman–Crippen LogP) is 4.35. The number of hydrogen-bond acceptors (Lipinski definition) is 8. The van der Waals surface area contributed by atoms with E-state index < -0.39 is 16.1 Å². The first-order chi connectivity index (χ1) is 23.8. The summed E-state index contributed by atoms with van der Waals surface area (Å²) in [5.74, 6) is 0.816. The third-order valence-electron chi connectivity index (χ3n) is 8.53. The Labute approximate surface area is 288 Å². The van der Waals surface area contributed by atoms with Crippen LogP contribution in [0.25, 0.3) is 11.1 Å². The van der Waals surface area contributed by atoms with Gasteiger partial charge in [0, 0.05) is 44.5 Å². The van der Waals surface area contributed by atoms with Crippen LogP contribution in [0.4, 0.5) is 10.5 Å². The van der Waals surface area contributed by atoms with E-state index in [4.69, 9.17) is 9.47 Å².